The Labute approximate surface area is 147 Å². The second-order valence-corrected chi connectivity index (χ2v) is 6.45. The molecule has 0 atom stereocenters. The van der Waals surface area contributed by atoms with E-state index in [9.17, 15) is 14.9 Å². The number of nitrogens with zero attached hydrogens (tertiary/aromatic N) is 3. The minimum Gasteiger partial charge on any atom is -0.396 e. The van der Waals surface area contributed by atoms with Crippen LogP contribution in [0.1, 0.15) is 26.7 Å². The van der Waals surface area contributed by atoms with Crippen LogP contribution in [-0.4, -0.2) is 59.7 Å². The maximum Gasteiger partial charge on any atom is 0.271 e. The van der Waals surface area contributed by atoms with Crippen molar-refractivity contribution in [3.05, 3.63) is 28.3 Å². The van der Waals surface area contributed by atoms with Crippen LogP contribution in [0.4, 0.5) is 17.1 Å². The molecule has 1 saturated heterocycles. The van der Waals surface area contributed by atoms with E-state index in [2.05, 4.69) is 29.0 Å². The number of carbonyl (C=O) groups excluding carboxylic acids is 1. The van der Waals surface area contributed by atoms with Crippen molar-refractivity contribution in [3.63, 3.8) is 0 Å². The molecule has 1 heterocycles. The molecule has 0 radical (unpaired) electrons. The second kappa shape index (κ2) is 8.77. The Kier molecular flexibility index (Phi) is 6.72. The molecule has 1 aliphatic rings. The van der Waals surface area contributed by atoms with E-state index in [4.69, 9.17) is 5.11 Å². The third kappa shape index (κ3) is 5.14. The van der Waals surface area contributed by atoms with Crippen molar-refractivity contribution in [3.8, 4) is 0 Å². The molecular weight excluding hydrogens is 324 g/mol. The molecule has 0 spiro atoms. The highest BCUT2D eigenvalue weighted by Crippen LogP contribution is 2.31. The van der Waals surface area contributed by atoms with Gasteiger partial charge < -0.3 is 15.3 Å². The number of aliphatic hydroxyl groups excluding tert-OH is 1. The van der Waals surface area contributed by atoms with Crippen LogP contribution in [0, 0.1) is 10.1 Å². The van der Waals surface area contributed by atoms with Gasteiger partial charge in [-0.2, -0.15) is 0 Å². The lowest BCUT2D eigenvalue weighted by atomic mass is 10.1. The normalized spacial score (nSPS) is 15.4. The molecule has 1 aliphatic heterocycles. The summed E-state index contributed by atoms with van der Waals surface area (Å²) in [5, 5.41) is 22.7. The van der Waals surface area contributed by atoms with Gasteiger partial charge in [0.2, 0.25) is 5.91 Å². The third-order valence-corrected chi connectivity index (χ3v) is 4.41. The lowest BCUT2D eigenvalue weighted by Crippen LogP contribution is -2.49. The zero-order valence-electron chi connectivity index (χ0n) is 14.8. The van der Waals surface area contributed by atoms with Crippen LogP contribution >= 0.6 is 0 Å². The predicted molar refractivity (Wildman–Crippen MR) is 97.0 cm³/mol. The molecule has 138 valence electrons. The van der Waals surface area contributed by atoms with Crippen LogP contribution < -0.4 is 10.2 Å². The number of carbonyl (C=O) groups is 1. The summed E-state index contributed by atoms with van der Waals surface area (Å²) in [7, 11) is 0. The number of amides is 1. The lowest BCUT2D eigenvalue weighted by molar-refractivity contribution is -0.384. The van der Waals surface area contributed by atoms with Gasteiger partial charge in [-0.15, -0.1) is 0 Å². The van der Waals surface area contributed by atoms with Gasteiger partial charge in [-0.25, -0.2) is 0 Å². The molecule has 0 bridgehead atoms. The molecule has 1 amide bonds. The number of anilines is 2. The topological polar surface area (TPSA) is 99.0 Å². The van der Waals surface area contributed by atoms with E-state index in [1.54, 1.807) is 6.07 Å². The highest BCUT2D eigenvalue weighted by Gasteiger charge is 2.22. The van der Waals surface area contributed by atoms with E-state index in [0.717, 1.165) is 31.9 Å². The Morgan fingerprint density at radius 3 is 2.56 bits per heavy atom. The van der Waals surface area contributed by atoms with Crippen molar-refractivity contribution in [2.45, 2.75) is 32.7 Å². The molecule has 2 N–H and O–H groups in total. The summed E-state index contributed by atoms with van der Waals surface area (Å²) in [5.41, 5.74) is 1.20. The van der Waals surface area contributed by atoms with E-state index in [0.29, 0.717) is 18.2 Å². The van der Waals surface area contributed by atoms with Crippen LogP contribution in [0.3, 0.4) is 0 Å². The van der Waals surface area contributed by atoms with Gasteiger partial charge in [-0.1, -0.05) is 0 Å². The first-order valence-electron chi connectivity index (χ1n) is 8.60. The first-order chi connectivity index (χ1) is 11.9. The fourth-order valence-corrected chi connectivity index (χ4v) is 2.95. The number of nitrogens with one attached hydrogen (secondary N) is 1. The van der Waals surface area contributed by atoms with Gasteiger partial charge >= 0.3 is 0 Å². The Balaban J connectivity index is 2.18. The summed E-state index contributed by atoms with van der Waals surface area (Å²) < 4.78 is 0. The summed E-state index contributed by atoms with van der Waals surface area (Å²) in [6, 6.07) is 5.05. The van der Waals surface area contributed by atoms with Gasteiger partial charge in [0.25, 0.3) is 5.69 Å². The summed E-state index contributed by atoms with van der Waals surface area (Å²) in [6.07, 6.45) is 0.545. The summed E-state index contributed by atoms with van der Waals surface area (Å²) in [6.45, 7) is 7.68. The zero-order chi connectivity index (χ0) is 18.4. The largest absolute Gasteiger partial charge is 0.396 e. The maximum absolute atomic E-state index is 12.0. The monoisotopic (exact) mass is 350 g/mol. The van der Waals surface area contributed by atoms with Crippen LogP contribution in [0.25, 0.3) is 0 Å². The Morgan fingerprint density at radius 2 is 2.00 bits per heavy atom. The molecule has 8 heteroatoms. The van der Waals surface area contributed by atoms with E-state index in [1.807, 2.05) is 0 Å². The van der Waals surface area contributed by atoms with Crippen LogP contribution in [-0.2, 0) is 4.79 Å². The number of hydrogen-bond acceptors (Lipinski definition) is 6. The molecular formula is C17H26N4O4. The first-order valence-corrected chi connectivity index (χ1v) is 8.60. The van der Waals surface area contributed by atoms with Gasteiger partial charge in [-0.05, 0) is 26.3 Å². The van der Waals surface area contributed by atoms with E-state index < -0.39 is 4.92 Å². The molecule has 1 fully saturated rings. The molecule has 0 aliphatic carbocycles. The smallest absolute Gasteiger partial charge is 0.271 e. The maximum atomic E-state index is 12.0. The van der Waals surface area contributed by atoms with Crippen LogP contribution in [0.5, 0.6) is 0 Å². The van der Waals surface area contributed by atoms with Crippen molar-refractivity contribution < 1.29 is 14.8 Å². The number of aliphatic hydroxyl groups is 1. The zero-order valence-corrected chi connectivity index (χ0v) is 14.8. The Morgan fingerprint density at radius 1 is 1.32 bits per heavy atom. The number of rotatable bonds is 7. The highest BCUT2D eigenvalue weighted by atomic mass is 16.6. The van der Waals surface area contributed by atoms with E-state index in [-0.39, 0.29) is 24.6 Å². The van der Waals surface area contributed by atoms with Gasteiger partial charge in [0.05, 0.1) is 16.3 Å². The summed E-state index contributed by atoms with van der Waals surface area (Å²) >= 11 is 0. The van der Waals surface area contributed by atoms with Crippen molar-refractivity contribution in [2.24, 2.45) is 0 Å². The molecule has 1 aromatic carbocycles. The number of nitro groups is 1. The van der Waals surface area contributed by atoms with Crippen molar-refractivity contribution in [1.29, 1.82) is 0 Å². The molecule has 0 unspecified atom stereocenters. The third-order valence-electron chi connectivity index (χ3n) is 4.41. The molecule has 1 aromatic rings. The van der Waals surface area contributed by atoms with Crippen molar-refractivity contribution >= 4 is 23.0 Å². The number of benzene rings is 1. The van der Waals surface area contributed by atoms with Crippen LogP contribution in [0.15, 0.2) is 18.2 Å². The summed E-state index contributed by atoms with van der Waals surface area (Å²) in [4.78, 5) is 27.1. The molecule has 2 rings (SSSR count). The van der Waals surface area contributed by atoms with Gasteiger partial charge in [-0.3, -0.25) is 19.8 Å². The molecule has 25 heavy (non-hydrogen) atoms. The standard InChI is InChI=1S/C17H26N4O4/c1-13(2)19-7-9-20(10-8-19)16-6-5-14(21(24)25)12-15(16)18-17(23)4-3-11-22/h5-6,12-13,22H,3-4,7-11H2,1-2H3,(H,18,23). The lowest BCUT2D eigenvalue weighted by Gasteiger charge is -2.38. The van der Waals surface area contributed by atoms with E-state index in [1.165, 1.54) is 12.1 Å². The Bertz CT molecular complexity index is 613. The molecule has 8 nitrogen and oxygen atoms in total. The number of nitro benzene ring substituents is 1. The fraction of sp³-hybridized carbons (Fsp3) is 0.588. The Hall–Kier alpha value is -2.19. The SMILES string of the molecule is CC(C)N1CCN(c2ccc([N+](=O)[O-])cc2NC(=O)CCCO)CC1. The predicted octanol–water partition coefficient (Wildman–Crippen LogP) is 1.84. The van der Waals surface area contributed by atoms with Gasteiger partial charge in [0.1, 0.15) is 0 Å². The molecule has 0 aromatic heterocycles. The quantitative estimate of drug-likeness (QED) is 0.575. The molecule has 0 saturated carbocycles. The summed E-state index contributed by atoms with van der Waals surface area (Å²) in [5.74, 6) is -0.253. The number of piperazine rings is 1. The first kappa shape index (κ1) is 19.1. The minimum atomic E-state index is -0.468. The number of non-ortho nitro benzene ring substituents is 1. The average Bonchev–Trinajstić information content (AvgIpc) is 2.60. The number of hydrogen-bond donors (Lipinski definition) is 2. The van der Waals surface area contributed by atoms with Gasteiger partial charge in [0.15, 0.2) is 0 Å². The van der Waals surface area contributed by atoms with Crippen molar-refractivity contribution in [2.75, 3.05) is 43.0 Å². The van der Waals surface area contributed by atoms with Gasteiger partial charge in [0, 0.05) is 57.4 Å². The highest BCUT2D eigenvalue weighted by molar-refractivity contribution is 5.95. The fourth-order valence-electron chi connectivity index (χ4n) is 2.95. The second-order valence-electron chi connectivity index (χ2n) is 6.45. The minimum absolute atomic E-state index is 0.0537. The van der Waals surface area contributed by atoms with E-state index >= 15 is 0 Å². The van der Waals surface area contributed by atoms with Crippen molar-refractivity contribution in [1.82, 2.24) is 4.90 Å². The average molecular weight is 350 g/mol. The van der Waals surface area contributed by atoms with Crippen LogP contribution in [0.2, 0.25) is 0 Å².